The second-order valence-electron chi connectivity index (χ2n) is 6.90. The maximum atomic E-state index is 12.6. The first kappa shape index (κ1) is 24.7. The molecule has 0 spiro atoms. The average Bonchev–Trinajstić information content (AvgIpc) is 2.80. The molecule has 0 aliphatic heterocycles. The fraction of sp³-hybridized carbons (Fsp3) is 0.391. The summed E-state index contributed by atoms with van der Waals surface area (Å²) in [6.45, 7) is 2.56. The number of hydrogen-bond donors (Lipinski definition) is 1. The summed E-state index contributed by atoms with van der Waals surface area (Å²) < 4.78 is 28.0. The number of ether oxygens (including phenoxy) is 2. The molecule has 2 aromatic carbocycles. The van der Waals surface area contributed by atoms with Crippen LogP contribution in [0, 0.1) is 0 Å². The molecule has 0 aliphatic rings. The lowest BCUT2D eigenvalue weighted by molar-refractivity contribution is -0.148. The van der Waals surface area contributed by atoms with Crippen LogP contribution in [0.4, 0.5) is 0 Å². The van der Waals surface area contributed by atoms with Gasteiger partial charge in [-0.05, 0) is 28.5 Å². The van der Waals surface area contributed by atoms with Crippen LogP contribution in [0.15, 0.2) is 60.7 Å². The Morgan fingerprint density at radius 2 is 1.52 bits per heavy atom. The topological polar surface area (TPSA) is 90.9 Å². The van der Waals surface area contributed by atoms with E-state index >= 15 is 0 Å². The molecular weight excluding hydrogens is 417 g/mol. The number of carbonyl (C=O) groups excluding carboxylic acids is 2. The first-order chi connectivity index (χ1) is 15.1. The van der Waals surface area contributed by atoms with E-state index in [2.05, 4.69) is 5.09 Å². The third-order valence-corrected chi connectivity index (χ3v) is 5.30. The minimum absolute atomic E-state index is 0.0247. The standard InChI is InChI=1S/C23H29NO6P/c1-2-3-16-30-31(27)24-21(23(26)29-18-20-12-8-5-9-13-20)14-15-22(25)28-17-19-10-6-4-7-11-19/h4-13,21H,2-3,14-18H2,1H3,(H,24,27)/q+1/t21-/m0/s1. The lowest BCUT2D eigenvalue weighted by Gasteiger charge is -2.12. The third-order valence-electron chi connectivity index (χ3n) is 4.36. The van der Waals surface area contributed by atoms with Gasteiger partial charge < -0.3 is 9.47 Å². The minimum Gasteiger partial charge on any atom is -0.461 e. The molecule has 2 atom stereocenters. The second-order valence-corrected chi connectivity index (χ2v) is 7.93. The summed E-state index contributed by atoms with van der Waals surface area (Å²) >= 11 is 0. The van der Waals surface area contributed by atoms with E-state index in [-0.39, 0.29) is 26.1 Å². The van der Waals surface area contributed by atoms with Crippen molar-refractivity contribution in [3.8, 4) is 0 Å². The Kier molecular flexibility index (Phi) is 11.5. The Morgan fingerprint density at radius 3 is 2.10 bits per heavy atom. The van der Waals surface area contributed by atoms with Crippen LogP contribution in [0.1, 0.15) is 43.7 Å². The Labute approximate surface area is 184 Å². The van der Waals surface area contributed by atoms with Gasteiger partial charge in [0, 0.05) is 6.42 Å². The molecule has 1 N–H and O–H groups in total. The van der Waals surface area contributed by atoms with Gasteiger partial charge in [-0.15, -0.1) is 4.52 Å². The van der Waals surface area contributed by atoms with Gasteiger partial charge in [0.1, 0.15) is 19.8 Å². The average molecular weight is 446 g/mol. The van der Waals surface area contributed by atoms with Crippen molar-refractivity contribution in [1.29, 1.82) is 0 Å². The molecule has 0 heterocycles. The number of unbranched alkanes of at least 4 members (excludes halogenated alkanes) is 1. The van der Waals surface area contributed by atoms with E-state index in [9.17, 15) is 14.2 Å². The number of esters is 2. The predicted molar refractivity (Wildman–Crippen MR) is 117 cm³/mol. The summed E-state index contributed by atoms with van der Waals surface area (Å²) in [6, 6.07) is 17.6. The summed E-state index contributed by atoms with van der Waals surface area (Å²) in [5.41, 5.74) is 1.71. The predicted octanol–water partition coefficient (Wildman–Crippen LogP) is 4.69. The summed E-state index contributed by atoms with van der Waals surface area (Å²) in [4.78, 5) is 24.7. The lowest BCUT2D eigenvalue weighted by atomic mass is 10.1. The van der Waals surface area contributed by atoms with Crippen molar-refractivity contribution >= 4 is 20.1 Å². The van der Waals surface area contributed by atoms with Crippen molar-refractivity contribution in [3.63, 3.8) is 0 Å². The van der Waals surface area contributed by atoms with E-state index < -0.39 is 26.2 Å². The van der Waals surface area contributed by atoms with Crippen molar-refractivity contribution in [1.82, 2.24) is 5.09 Å². The Hall–Kier alpha value is -2.60. The Bertz CT molecular complexity index is 815. The number of carbonyl (C=O) groups is 2. The maximum absolute atomic E-state index is 12.6. The van der Waals surface area contributed by atoms with Crippen LogP contribution in [-0.2, 0) is 41.4 Å². The number of rotatable bonds is 14. The van der Waals surface area contributed by atoms with Crippen molar-refractivity contribution in [2.24, 2.45) is 0 Å². The SMILES string of the molecule is CCCCO[P+](=O)N[C@@H](CCC(=O)OCc1ccccc1)C(=O)OCc1ccccc1. The zero-order chi connectivity index (χ0) is 22.3. The molecule has 0 fully saturated rings. The molecule has 2 aromatic rings. The molecule has 0 saturated carbocycles. The van der Waals surface area contributed by atoms with Gasteiger partial charge in [-0.3, -0.25) is 9.59 Å². The van der Waals surface area contributed by atoms with Gasteiger partial charge in [0.25, 0.3) is 0 Å². The van der Waals surface area contributed by atoms with Crippen LogP contribution >= 0.6 is 8.18 Å². The van der Waals surface area contributed by atoms with E-state index in [1.807, 2.05) is 67.6 Å². The second kappa shape index (κ2) is 14.4. The molecule has 31 heavy (non-hydrogen) atoms. The van der Waals surface area contributed by atoms with Crippen molar-refractivity contribution in [3.05, 3.63) is 71.8 Å². The zero-order valence-corrected chi connectivity index (χ0v) is 18.6. The molecule has 166 valence electrons. The third kappa shape index (κ3) is 10.3. The molecule has 1 unspecified atom stereocenters. The van der Waals surface area contributed by atoms with Crippen LogP contribution in [0.2, 0.25) is 0 Å². The molecule has 0 aromatic heterocycles. The minimum atomic E-state index is -2.26. The Morgan fingerprint density at radius 1 is 0.935 bits per heavy atom. The van der Waals surface area contributed by atoms with Crippen molar-refractivity contribution < 1.29 is 28.2 Å². The summed E-state index contributed by atoms with van der Waals surface area (Å²) in [6.07, 6.45) is 1.72. The van der Waals surface area contributed by atoms with E-state index in [1.165, 1.54) is 0 Å². The first-order valence-corrected chi connectivity index (χ1v) is 11.5. The van der Waals surface area contributed by atoms with Gasteiger partial charge in [0.15, 0.2) is 6.04 Å². The number of nitrogens with one attached hydrogen (secondary N) is 1. The zero-order valence-electron chi connectivity index (χ0n) is 17.7. The molecule has 7 nitrogen and oxygen atoms in total. The van der Waals surface area contributed by atoms with Crippen LogP contribution in [0.25, 0.3) is 0 Å². The van der Waals surface area contributed by atoms with E-state index in [1.54, 1.807) is 0 Å². The van der Waals surface area contributed by atoms with Gasteiger partial charge in [-0.1, -0.05) is 79.1 Å². The highest BCUT2D eigenvalue weighted by atomic mass is 31.1. The van der Waals surface area contributed by atoms with Crippen LogP contribution in [-0.4, -0.2) is 24.6 Å². The van der Waals surface area contributed by atoms with Gasteiger partial charge in [0.2, 0.25) is 0 Å². The largest absolute Gasteiger partial charge is 0.613 e. The Balaban J connectivity index is 1.86. The summed E-state index contributed by atoms with van der Waals surface area (Å²) in [5.74, 6) is -1.05. The highest BCUT2D eigenvalue weighted by Gasteiger charge is 2.31. The van der Waals surface area contributed by atoms with Crippen LogP contribution < -0.4 is 5.09 Å². The molecule has 0 saturated heterocycles. The fourth-order valence-corrected chi connectivity index (χ4v) is 3.45. The fourth-order valence-electron chi connectivity index (χ4n) is 2.59. The van der Waals surface area contributed by atoms with Crippen molar-refractivity contribution in [2.45, 2.75) is 51.9 Å². The molecule has 0 radical (unpaired) electrons. The molecule has 0 bridgehead atoms. The highest BCUT2D eigenvalue weighted by Crippen LogP contribution is 2.20. The normalized spacial score (nSPS) is 12.1. The first-order valence-electron chi connectivity index (χ1n) is 10.3. The summed E-state index contributed by atoms with van der Waals surface area (Å²) in [7, 11) is -2.26. The van der Waals surface area contributed by atoms with E-state index in [4.69, 9.17) is 14.0 Å². The van der Waals surface area contributed by atoms with Crippen molar-refractivity contribution in [2.75, 3.05) is 6.61 Å². The molecular formula is C23H29NO6P+. The number of hydrogen-bond acceptors (Lipinski definition) is 6. The van der Waals surface area contributed by atoms with E-state index in [0.29, 0.717) is 6.61 Å². The molecule has 8 heteroatoms. The van der Waals surface area contributed by atoms with Gasteiger partial charge in [-0.2, -0.15) is 0 Å². The smallest absolute Gasteiger partial charge is 0.461 e. The monoisotopic (exact) mass is 446 g/mol. The van der Waals surface area contributed by atoms with Gasteiger partial charge in [0.05, 0.1) is 0 Å². The van der Waals surface area contributed by atoms with Crippen LogP contribution in [0.5, 0.6) is 0 Å². The highest BCUT2D eigenvalue weighted by molar-refractivity contribution is 7.36. The van der Waals surface area contributed by atoms with Crippen LogP contribution in [0.3, 0.4) is 0 Å². The molecule has 2 rings (SSSR count). The lowest BCUT2D eigenvalue weighted by Crippen LogP contribution is -2.35. The number of benzene rings is 2. The van der Waals surface area contributed by atoms with E-state index in [0.717, 1.165) is 24.0 Å². The maximum Gasteiger partial charge on any atom is 0.613 e. The van der Waals surface area contributed by atoms with Gasteiger partial charge >= 0.3 is 20.1 Å². The quantitative estimate of drug-likeness (QED) is 0.256. The molecule has 0 aliphatic carbocycles. The van der Waals surface area contributed by atoms with Gasteiger partial charge in [-0.25, -0.2) is 0 Å². The summed E-state index contributed by atoms with van der Waals surface area (Å²) in [5, 5.41) is 2.65. The molecule has 0 amide bonds.